The van der Waals surface area contributed by atoms with E-state index in [1.54, 1.807) is 6.92 Å². The largest absolute Gasteiger partial charge is 0.545 e. The average molecular weight is 209 g/mol. The van der Waals surface area contributed by atoms with E-state index < -0.39 is 5.97 Å². The van der Waals surface area contributed by atoms with E-state index in [2.05, 4.69) is 20.8 Å². The van der Waals surface area contributed by atoms with Crippen LogP contribution in [0.15, 0.2) is 11.6 Å². The lowest BCUT2D eigenvalue weighted by atomic mass is 9.68. The summed E-state index contributed by atoms with van der Waals surface area (Å²) in [5, 5.41) is 10.6. The van der Waals surface area contributed by atoms with Crippen LogP contribution in [0.2, 0.25) is 0 Å². The van der Waals surface area contributed by atoms with Gasteiger partial charge in [-0.15, -0.1) is 0 Å². The fourth-order valence-electron chi connectivity index (χ4n) is 2.97. The molecule has 2 heteroatoms. The minimum atomic E-state index is -1.04. The molecule has 0 aromatic rings. The number of carbonyl (C=O) groups excluding carboxylic acids is 1. The molecule has 15 heavy (non-hydrogen) atoms. The van der Waals surface area contributed by atoms with Gasteiger partial charge in [-0.05, 0) is 49.0 Å². The van der Waals surface area contributed by atoms with Crippen LogP contribution < -0.4 is 5.11 Å². The zero-order valence-corrected chi connectivity index (χ0v) is 10.2. The maximum atomic E-state index is 10.6. The van der Waals surface area contributed by atoms with E-state index in [4.69, 9.17) is 0 Å². The Balaban J connectivity index is 2.71. The second-order valence-corrected chi connectivity index (χ2v) is 5.81. The molecule has 0 amide bonds. The van der Waals surface area contributed by atoms with Gasteiger partial charge in [-0.25, -0.2) is 0 Å². The quantitative estimate of drug-likeness (QED) is 0.654. The molecule has 0 bridgehead atoms. The Morgan fingerprint density at radius 1 is 1.40 bits per heavy atom. The first-order valence-electron chi connectivity index (χ1n) is 5.70. The summed E-state index contributed by atoms with van der Waals surface area (Å²) in [6, 6.07) is 0. The summed E-state index contributed by atoms with van der Waals surface area (Å²) in [6.45, 7) is 8.40. The van der Waals surface area contributed by atoms with Crippen molar-refractivity contribution >= 4 is 5.97 Å². The maximum absolute atomic E-state index is 10.6. The van der Waals surface area contributed by atoms with Crippen LogP contribution in [0, 0.1) is 17.3 Å². The zero-order chi connectivity index (χ0) is 11.6. The lowest BCUT2D eigenvalue weighted by Gasteiger charge is -2.38. The number of hydrogen-bond donors (Lipinski definition) is 0. The van der Waals surface area contributed by atoms with Crippen molar-refractivity contribution < 1.29 is 9.90 Å². The second kappa shape index (κ2) is 4.38. The fraction of sp³-hybridized carbons (Fsp3) is 0.769. The van der Waals surface area contributed by atoms with E-state index in [9.17, 15) is 9.90 Å². The van der Waals surface area contributed by atoms with Gasteiger partial charge in [0.25, 0.3) is 0 Å². The highest BCUT2D eigenvalue weighted by atomic mass is 16.4. The second-order valence-electron chi connectivity index (χ2n) is 5.81. The first-order valence-corrected chi connectivity index (χ1v) is 5.70. The van der Waals surface area contributed by atoms with Crippen LogP contribution in [-0.4, -0.2) is 5.97 Å². The molecule has 0 aliphatic heterocycles. The van der Waals surface area contributed by atoms with Gasteiger partial charge in [-0.3, -0.25) is 0 Å². The van der Waals surface area contributed by atoms with E-state index in [-0.39, 0.29) is 0 Å². The van der Waals surface area contributed by atoms with Crippen molar-refractivity contribution in [1.29, 1.82) is 0 Å². The summed E-state index contributed by atoms with van der Waals surface area (Å²) in [5.41, 5.74) is 0.718. The van der Waals surface area contributed by atoms with Crippen molar-refractivity contribution in [2.45, 2.75) is 47.0 Å². The van der Waals surface area contributed by atoms with Gasteiger partial charge in [-0.1, -0.05) is 26.8 Å². The molecule has 86 valence electrons. The van der Waals surface area contributed by atoms with E-state index in [0.29, 0.717) is 22.8 Å². The first-order chi connectivity index (χ1) is 6.80. The molecule has 1 aliphatic carbocycles. The van der Waals surface area contributed by atoms with E-state index >= 15 is 0 Å². The third kappa shape index (κ3) is 3.69. The summed E-state index contributed by atoms with van der Waals surface area (Å²) in [4.78, 5) is 10.6. The Morgan fingerprint density at radius 2 is 2.00 bits per heavy atom. The number of carboxylic acid groups (broad SMARTS) is 1. The molecule has 0 radical (unpaired) electrons. The smallest absolute Gasteiger partial charge is 0.0668 e. The molecule has 2 unspecified atom stereocenters. The normalized spacial score (nSPS) is 31.3. The molecule has 2 nitrogen and oxygen atoms in total. The maximum Gasteiger partial charge on any atom is 0.0668 e. The van der Waals surface area contributed by atoms with Gasteiger partial charge in [0.15, 0.2) is 0 Å². The zero-order valence-electron chi connectivity index (χ0n) is 10.2. The standard InChI is InChI=1S/C13H22O2/c1-9-5-11(6-10(2)12(14)15)8-13(3,4)7-9/h6,9,11H,5,7-8H2,1-4H3,(H,14,15)/p-1/b10-6+. The predicted molar refractivity (Wildman–Crippen MR) is 59.1 cm³/mol. The van der Waals surface area contributed by atoms with E-state index in [0.717, 1.165) is 12.8 Å². The van der Waals surface area contributed by atoms with Gasteiger partial charge in [0, 0.05) is 0 Å². The number of aliphatic carboxylic acids is 1. The predicted octanol–water partition coefficient (Wildman–Crippen LogP) is 2.14. The Morgan fingerprint density at radius 3 is 2.47 bits per heavy atom. The van der Waals surface area contributed by atoms with Gasteiger partial charge < -0.3 is 9.90 Å². The van der Waals surface area contributed by atoms with Crippen LogP contribution in [0.25, 0.3) is 0 Å². The summed E-state index contributed by atoms with van der Waals surface area (Å²) < 4.78 is 0. The average Bonchev–Trinajstić information content (AvgIpc) is 1.99. The third-order valence-corrected chi connectivity index (χ3v) is 3.23. The molecule has 1 saturated carbocycles. The van der Waals surface area contributed by atoms with Crippen LogP contribution in [0.1, 0.15) is 47.0 Å². The lowest BCUT2D eigenvalue weighted by molar-refractivity contribution is -0.299. The summed E-state index contributed by atoms with van der Waals surface area (Å²) in [6.07, 6.45) is 5.31. The summed E-state index contributed by atoms with van der Waals surface area (Å²) in [5.74, 6) is 0.0530. The molecule has 0 spiro atoms. The molecular weight excluding hydrogens is 188 g/mol. The number of hydrogen-bond acceptors (Lipinski definition) is 2. The molecule has 2 atom stereocenters. The van der Waals surface area contributed by atoms with E-state index in [1.165, 1.54) is 6.42 Å². The van der Waals surface area contributed by atoms with Crippen LogP contribution in [0.5, 0.6) is 0 Å². The van der Waals surface area contributed by atoms with E-state index in [1.807, 2.05) is 6.08 Å². The fourth-order valence-corrected chi connectivity index (χ4v) is 2.97. The van der Waals surface area contributed by atoms with Crippen molar-refractivity contribution in [3.8, 4) is 0 Å². The van der Waals surface area contributed by atoms with Gasteiger partial charge in [-0.2, -0.15) is 0 Å². The Kier molecular flexibility index (Phi) is 3.58. The molecule has 0 saturated heterocycles. The van der Waals surface area contributed by atoms with Gasteiger partial charge >= 0.3 is 0 Å². The van der Waals surface area contributed by atoms with Crippen molar-refractivity contribution in [1.82, 2.24) is 0 Å². The molecular formula is C13H21O2-. The lowest BCUT2D eigenvalue weighted by Crippen LogP contribution is -2.28. The van der Waals surface area contributed by atoms with Gasteiger partial charge in [0.1, 0.15) is 0 Å². The molecule has 0 aromatic carbocycles. The molecule has 0 aromatic heterocycles. The molecule has 1 rings (SSSR count). The summed E-state index contributed by atoms with van der Waals surface area (Å²) >= 11 is 0. The summed E-state index contributed by atoms with van der Waals surface area (Å²) in [7, 11) is 0. The van der Waals surface area contributed by atoms with Crippen molar-refractivity contribution in [3.05, 3.63) is 11.6 Å². The van der Waals surface area contributed by atoms with Crippen LogP contribution in [0.3, 0.4) is 0 Å². The van der Waals surface area contributed by atoms with Crippen LogP contribution in [0.4, 0.5) is 0 Å². The number of carboxylic acids is 1. The highest BCUT2D eigenvalue weighted by molar-refractivity contribution is 5.83. The van der Waals surface area contributed by atoms with Gasteiger partial charge in [0.05, 0.1) is 5.97 Å². The Labute approximate surface area is 92.4 Å². The highest BCUT2D eigenvalue weighted by Crippen LogP contribution is 2.42. The Hall–Kier alpha value is -0.790. The minimum absolute atomic E-state index is 0.338. The third-order valence-electron chi connectivity index (χ3n) is 3.23. The van der Waals surface area contributed by atoms with Crippen molar-refractivity contribution in [2.75, 3.05) is 0 Å². The SMILES string of the molecule is C/C(=C\C1CC(C)CC(C)(C)C1)C(=O)[O-]. The number of allylic oxidation sites excluding steroid dienone is 1. The van der Waals surface area contributed by atoms with Gasteiger partial charge in [0.2, 0.25) is 0 Å². The highest BCUT2D eigenvalue weighted by Gasteiger charge is 2.30. The van der Waals surface area contributed by atoms with Crippen LogP contribution >= 0.6 is 0 Å². The topological polar surface area (TPSA) is 40.1 Å². The Bertz CT molecular complexity index is 276. The minimum Gasteiger partial charge on any atom is -0.545 e. The monoisotopic (exact) mass is 209 g/mol. The molecule has 0 N–H and O–H groups in total. The number of carbonyl (C=O) groups is 1. The van der Waals surface area contributed by atoms with Crippen molar-refractivity contribution in [2.24, 2.45) is 17.3 Å². The first kappa shape index (κ1) is 12.3. The van der Waals surface area contributed by atoms with Crippen LogP contribution in [-0.2, 0) is 4.79 Å². The molecule has 1 fully saturated rings. The molecule has 1 aliphatic rings. The molecule has 0 heterocycles. The number of rotatable bonds is 2. The van der Waals surface area contributed by atoms with Crippen molar-refractivity contribution in [3.63, 3.8) is 0 Å².